The third kappa shape index (κ3) is 6.22. The average molecular weight is 418 g/mol. The van der Waals surface area contributed by atoms with Crippen LogP contribution in [-0.2, 0) is 17.6 Å². The summed E-state index contributed by atoms with van der Waals surface area (Å²) in [6.07, 6.45) is 1.16. The van der Waals surface area contributed by atoms with E-state index in [2.05, 4.69) is 43.6 Å². The standard InChI is InChI=1S/C16H21BrN4O2.ClH/c1-10(18-3)8-15-20-16(23-21-15)9-14(19-11(2)22)12-4-6-13(17)7-5-12;/h4-7,10,14,18H,8-9H2,1-3H3,(H,19,22);1H. The minimum absolute atomic E-state index is 0. The zero-order chi connectivity index (χ0) is 16.8. The number of likely N-dealkylation sites (N-methyl/N-ethyl adjacent to an activating group) is 1. The number of carbonyl (C=O) groups excluding carboxylic acids is 1. The highest BCUT2D eigenvalue weighted by molar-refractivity contribution is 9.10. The van der Waals surface area contributed by atoms with Crippen LogP contribution in [0.4, 0.5) is 0 Å². The van der Waals surface area contributed by atoms with Gasteiger partial charge >= 0.3 is 0 Å². The van der Waals surface area contributed by atoms with Gasteiger partial charge in [0.15, 0.2) is 5.82 Å². The molecule has 0 aliphatic carbocycles. The lowest BCUT2D eigenvalue weighted by atomic mass is 10.0. The Balaban J connectivity index is 0.00000288. The summed E-state index contributed by atoms with van der Waals surface area (Å²) < 4.78 is 6.31. The van der Waals surface area contributed by atoms with E-state index in [4.69, 9.17) is 4.52 Å². The molecule has 1 aromatic heterocycles. The molecule has 0 aliphatic heterocycles. The van der Waals surface area contributed by atoms with Crippen molar-refractivity contribution in [2.24, 2.45) is 0 Å². The Morgan fingerprint density at radius 1 is 1.29 bits per heavy atom. The first-order valence-electron chi connectivity index (χ1n) is 7.49. The second-order valence-corrected chi connectivity index (χ2v) is 6.42. The van der Waals surface area contributed by atoms with Gasteiger partial charge in [-0.15, -0.1) is 12.4 Å². The van der Waals surface area contributed by atoms with Gasteiger partial charge in [0, 0.05) is 23.9 Å². The van der Waals surface area contributed by atoms with Gasteiger partial charge in [0.25, 0.3) is 0 Å². The Labute approximate surface area is 156 Å². The summed E-state index contributed by atoms with van der Waals surface area (Å²) in [7, 11) is 1.89. The molecule has 0 fully saturated rings. The molecule has 6 nitrogen and oxygen atoms in total. The number of hydrogen-bond acceptors (Lipinski definition) is 5. The van der Waals surface area contributed by atoms with Crippen molar-refractivity contribution in [2.45, 2.75) is 38.8 Å². The highest BCUT2D eigenvalue weighted by atomic mass is 79.9. The van der Waals surface area contributed by atoms with Gasteiger partial charge in [-0.25, -0.2) is 0 Å². The molecule has 2 unspecified atom stereocenters. The van der Waals surface area contributed by atoms with Crippen molar-refractivity contribution in [1.82, 2.24) is 20.8 Å². The van der Waals surface area contributed by atoms with E-state index >= 15 is 0 Å². The van der Waals surface area contributed by atoms with Crippen LogP contribution in [-0.4, -0.2) is 29.1 Å². The highest BCUT2D eigenvalue weighted by Crippen LogP contribution is 2.20. The molecule has 0 aliphatic rings. The number of hydrogen-bond donors (Lipinski definition) is 2. The fourth-order valence-corrected chi connectivity index (χ4v) is 2.46. The second kappa shape index (κ2) is 9.76. The molecule has 0 saturated heterocycles. The number of amides is 1. The molecule has 24 heavy (non-hydrogen) atoms. The van der Waals surface area contributed by atoms with E-state index < -0.39 is 0 Å². The fraction of sp³-hybridized carbons (Fsp3) is 0.438. The van der Waals surface area contributed by atoms with E-state index in [1.165, 1.54) is 6.92 Å². The molecule has 2 aromatic rings. The summed E-state index contributed by atoms with van der Waals surface area (Å²) in [6, 6.07) is 7.89. The van der Waals surface area contributed by atoms with Gasteiger partial charge in [-0.1, -0.05) is 33.2 Å². The van der Waals surface area contributed by atoms with Gasteiger partial charge in [0.05, 0.1) is 12.5 Å². The second-order valence-electron chi connectivity index (χ2n) is 5.51. The largest absolute Gasteiger partial charge is 0.349 e. The minimum atomic E-state index is -0.198. The van der Waals surface area contributed by atoms with Crippen molar-refractivity contribution in [2.75, 3.05) is 7.05 Å². The van der Waals surface area contributed by atoms with Crippen LogP contribution in [0.1, 0.15) is 37.2 Å². The Kier molecular flexibility index (Phi) is 8.38. The number of nitrogens with one attached hydrogen (secondary N) is 2. The van der Waals surface area contributed by atoms with Crippen LogP contribution in [0.5, 0.6) is 0 Å². The lowest BCUT2D eigenvalue weighted by Gasteiger charge is -2.16. The number of nitrogens with zero attached hydrogens (tertiary/aromatic N) is 2. The van der Waals surface area contributed by atoms with Gasteiger partial charge in [-0.05, 0) is 31.7 Å². The maximum Gasteiger partial charge on any atom is 0.229 e. The topological polar surface area (TPSA) is 80.0 Å². The summed E-state index contributed by atoms with van der Waals surface area (Å²) in [5, 5.41) is 10.1. The first kappa shape index (κ1) is 20.6. The maximum absolute atomic E-state index is 11.5. The van der Waals surface area contributed by atoms with E-state index in [9.17, 15) is 4.79 Å². The molecule has 1 heterocycles. The fourth-order valence-electron chi connectivity index (χ4n) is 2.20. The summed E-state index contributed by atoms with van der Waals surface area (Å²) in [4.78, 5) is 15.9. The smallest absolute Gasteiger partial charge is 0.229 e. The lowest BCUT2D eigenvalue weighted by Crippen LogP contribution is -2.27. The van der Waals surface area contributed by atoms with Crippen LogP contribution in [0.15, 0.2) is 33.3 Å². The van der Waals surface area contributed by atoms with Crippen molar-refractivity contribution in [3.8, 4) is 0 Å². The summed E-state index contributed by atoms with van der Waals surface area (Å²) in [5.74, 6) is 1.09. The average Bonchev–Trinajstić information content (AvgIpc) is 2.94. The SMILES string of the molecule is CNC(C)Cc1noc(CC(NC(C)=O)c2ccc(Br)cc2)n1.Cl. The molecule has 0 bridgehead atoms. The molecule has 1 aromatic carbocycles. The van der Waals surface area contributed by atoms with Gasteiger partial charge in [0.2, 0.25) is 11.8 Å². The van der Waals surface area contributed by atoms with Crippen LogP contribution in [0, 0.1) is 0 Å². The Bertz CT molecular complexity index is 648. The zero-order valence-corrected chi connectivity index (χ0v) is 16.3. The van der Waals surface area contributed by atoms with Crippen LogP contribution < -0.4 is 10.6 Å². The van der Waals surface area contributed by atoms with Gasteiger partial charge in [-0.2, -0.15) is 4.98 Å². The number of aromatic nitrogens is 2. The normalized spacial score (nSPS) is 13.0. The van der Waals surface area contributed by atoms with Crippen molar-refractivity contribution < 1.29 is 9.32 Å². The third-order valence-corrected chi connectivity index (χ3v) is 4.05. The van der Waals surface area contributed by atoms with Gasteiger partial charge in [0.1, 0.15) is 0 Å². The van der Waals surface area contributed by atoms with Gasteiger partial charge < -0.3 is 15.2 Å². The monoisotopic (exact) mass is 416 g/mol. The summed E-state index contributed by atoms with van der Waals surface area (Å²) in [5.41, 5.74) is 0.992. The Hall–Kier alpha value is -1.44. The molecule has 0 saturated carbocycles. The van der Waals surface area contributed by atoms with Crippen LogP contribution in [0.3, 0.4) is 0 Å². The van der Waals surface area contributed by atoms with Gasteiger partial charge in [-0.3, -0.25) is 4.79 Å². The minimum Gasteiger partial charge on any atom is -0.349 e. The predicted octanol–water partition coefficient (Wildman–Crippen LogP) is 2.82. The molecule has 1 amide bonds. The highest BCUT2D eigenvalue weighted by Gasteiger charge is 2.18. The van der Waals surface area contributed by atoms with Crippen LogP contribution in [0.2, 0.25) is 0 Å². The maximum atomic E-state index is 11.5. The Morgan fingerprint density at radius 2 is 1.96 bits per heavy atom. The first-order chi connectivity index (χ1) is 11.0. The lowest BCUT2D eigenvalue weighted by molar-refractivity contribution is -0.119. The number of benzene rings is 1. The zero-order valence-electron chi connectivity index (χ0n) is 13.9. The molecule has 2 atom stereocenters. The van der Waals surface area contributed by atoms with Crippen LogP contribution in [0.25, 0.3) is 0 Å². The Morgan fingerprint density at radius 3 is 2.54 bits per heavy atom. The molecule has 2 rings (SSSR count). The molecule has 2 N–H and O–H groups in total. The number of rotatable bonds is 7. The van der Waals surface area contributed by atoms with E-state index in [0.717, 1.165) is 10.0 Å². The van der Waals surface area contributed by atoms with E-state index in [1.807, 2.05) is 31.3 Å². The molecule has 0 spiro atoms. The van der Waals surface area contributed by atoms with Crippen molar-refractivity contribution in [1.29, 1.82) is 0 Å². The van der Waals surface area contributed by atoms with E-state index in [0.29, 0.717) is 24.6 Å². The summed E-state index contributed by atoms with van der Waals surface area (Å²) >= 11 is 3.41. The predicted molar refractivity (Wildman–Crippen MR) is 98.2 cm³/mol. The van der Waals surface area contributed by atoms with Crippen LogP contribution >= 0.6 is 28.3 Å². The third-order valence-electron chi connectivity index (χ3n) is 3.52. The van der Waals surface area contributed by atoms with Crippen molar-refractivity contribution in [3.05, 3.63) is 46.0 Å². The van der Waals surface area contributed by atoms with Crippen molar-refractivity contribution >= 4 is 34.2 Å². The molecular weight excluding hydrogens is 396 g/mol. The van der Waals surface area contributed by atoms with E-state index in [-0.39, 0.29) is 30.4 Å². The quantitative estimate of drug-likeness (QED) is 0.724. The van der Waals surface area contributed by atoms with Crippen molar-refractivity contribution in [3.63, 3.8) is 0 Å². The molecule has 0 radical (unpaired) electrons. The molecule has 132 valence electrons. The first-order valence-corrected chi connectivity index (χ1v) is 8.28. The molecule has 8 heteroatoms. The van der Waals surface area contributed by atoms with E-state index in [1.54, 1.807) is 0 Å². The number of halogens is 2. The summed E-state index contributed by atoms with van der Waals surface area (Å²) in [6.45, 7) is 3.55. The number of carbonyl (C=O) groups is 1. The molecular formula is C16H22BrClN4O2.